The third kappa shape index (κ3) is 5.66. The Labute approximate surface area is 152 Å². The number of nitrogens with one attached hydrogen (secondary N) is 1. The van der Waals surface area contributed by atoms with Crippen LogP contribution in [0.25, 0.3) is 6.08 Å². The Morgan fingerprint density at radius 1 is 1.12 bits per heavy atom. The molecule has 0 radical (unpaired) electrons. The number of carboxylic acids is 1. The van der Waals surface area contributed by atoms with Crippen molar-refractivity contribution in [2.24, 2.45) is 0 Å². The summed E-state index contributed by atoms with van der Waals surface area (Å²) in [5, 5.41) is 11.5. The third-order valence-corrected chi connectivity index (χ3v) is 3.46. The van der Waals surface area contributed by atoms with Crippen LogP contribution in [-0.4, -0.2) is 30.2 Å². The van der Waals surface area contributed by atoms with Crippen molar-refractivity contribution in [3.8, 4) is 11.5 Å². The SMILES string of the molecule is CCOc1cc(/C=C/C(=O)O)ccc1OCC(=O)Nc1ccccc1C. The van der Waals surface area contributed by atoms with E-state index in [1.165, 1.54) is 6.08 Å². The molecule has 6 nitrogen and oxygen atoms in total. The second-order valence-electron chi connectivity index (χ2n) is 5.46. The molecule has 0 bridgehead atoms. The van der Waals surface area contributed by atoms with Gasteiger partial charge >= 0.3 is 5.97 Å². The number of benzene rings is 2. The van der Waals surface area contributed by atoms with Gasteiger partial charge in [-0.2, -0.15) is 0 Å². The monoisotopic (exact) mass is 355 g/mol. The molecule has 0 aromatic heterocycles. The van der Waals surface area contributed by atoms with Gasteiger partial charge in [-0.25, -0.2) is 4.79 Å². The van der Waals surface area contributed by atoms with E-state index in [0.29, 0.717) is 23.7 Å². The van der Waals surface area contributed by atoms with Crippen molar-refractivity contribution in [1.82, 2.24) is 0 Å². The summed E-state index contributed by atoms with van der Waals surface area (Å²) in [7, 11) is 0. The number of aliphatic carboxylic acids is 1. The van der Waals surface area contributed by atoms with Crippen molar-refractivity contribution in [1.29, 1.82) is 0 Å². The molecular weight excluding hydrogens is 334 g/mol. The lowest BCUT2D eigenvalue weighted by Gasteiger charge is -2.13. The molecular formula is C20H21NO5. The normalized spacial score (nSPS) is 10.5. The molecule has 0 heterocycles. The lowest BCUT2D eigenvalue weighted by Crippen LogP contribution is -2.20. The largest absolute Gasteiger partial charge is 0.490 e. The average Bonchev–Trinajstić information content (AvgIpc) is 2.61. The number of hydrogen-bond donors (Lipinski definition) is 2. The van der Waals surface area contributed by atoms with E-state index in [4.69, 9.17) is 14.6 Å². The van der Waals surface area contributed by atoms with Crippen LogP contribution in [0, 0.1) is 6.92 Å². The van der Waals surface area contributed by atoms with E-state index in [9.17, 15) is 9.59 Å². The Morgan fingerprint density at radius 2 is 1.88 bits per heavy atom. The van der Waals surface area contributed by atoms with Crippen LogP contribution in [0.4, 0.5) is 5.69 Å². The molecule has 0 fully saturated rings. The first kappa shape index (κ1) is 19.1. The number of ether oxygens (including phenoxy) is 2. The van der Waals surface area contributed by atoms with Gasteiger partial charge in [0, 0.05) is 11.8 Å². The Balaban J connectivity index is 2.04. The Hall–Kier alpha value is -3.28. The molecule has 2 aromatic carbocycles. The highest BCUT2D eigenvalue weighted by atomic mass is 16.5. The second kappa shape index (κ2) is 9.27. The smallest absolute Gasteiger partial charge is 0.328 e. The van der Waals surface area contributed by atoms with Crippen LogP contribution in [0.2, 0.25) is 0 Å². The fourth-order valence-electron chi connectivity index (χ4n) is 2.23. The van der Waals surface area contributed by atoms with Gasteiger partial charge in [0.25, 0.3) is 5.91 Å². The molecule has 26 heavy (non-hydrogen) atoms. The summed E-state index contributed by atoms with van der Waals surface area (Å²) in [5.74, 6) is -0.448. The molecule has 0 spiro atoms. The zero-order valence-corrected chi connectivity index (χ0v) is 14.7. The highest BCUT2D eigenvalue weighted by Crippen LogP contribution is 2.29. The maximum atomic E-state index is 12.1. The molecule has 2 N–H and O–H groups in total. The van der Waals surface area contributed by atoms with Crippen molar-refractivity contribution in [3.05, 3.63) is 59.7 Å². The molecule has 2 rings (SSSR count). The topological polar surface area (TPSA) is 84.9 Å². The zero-order valence-electron chi connectivity index (χ0n) is 14.7. The predicted octanol–water partition coefficient (Wildman–Crippen LogP) is 3.51. The average molecular weight is 355 g/mol. The summed E-state index contributed by atoms with van der Waals surface area (Å²) in [6.07, 6.45) is 2.50. The lowest BCUT2D eigenvalue weighted by atomic mass is 10.2. The first-order valence-electron chi connectivity index (χ1n) is 8.15. The van der Waals surface area contributed by atoms with Gasteiger partial charge in [-0.1, -0.05) is 24.3 Å². The number of carbonyl (C=O) groups is 2. The quantitative estimate of drug-likeness (QED) is 0.708. The maximum absolute atomic E-state index is 12.1. The number of para-hydroxylation sites is 1. The Kier molecular flexibility index (Phi) is 6.79. The van der Waals surface area contributed by atoms with E-state index in [2.05, 4.69) is 5.32 Å². The number of rotatable bonds is 8. The van der Waals surface area contributed by atoms with Crippen molar-refractivity contribution >= 4 is 23.6 Å². The van der Waals surface area contributed by atoms with E-state index in [1.807, 2.05) is 38.1 Å². The highest BCUT2D eigenvalue weighted by Gasteiger charge is 2.10. The van der Waals surface area contributed by atoms with Crippen LogP contribution in [0.15, 0.2) is 48.5 Å². The minimum absolute atomic E-state index is 0.168. The first-order chi connectivity index (χ1) is 12.5. The lowest BCUT2D eigenvalue weighted by molar-refractivity contribution is -0.131. The predicted molar refractivity (Wildman–Crippen MR) is 99.6 cm³/mol. The molecule has 0 unspecified atom stereocenters. The number of carbonyl (C=O) groups excluding carboxylic acids is 1. The van der Waals surface area contributed by atoms with Crippen LogP contribution in [0.1, 0.15) is 18.1 Å². The molecule has 2 aromatic rings. The van der Waals surface area contributed by atoms with Gasteiger partial charge in [-0.3, -0.25) is 4.79 Å². The fraction of sp³-hybridized carbons (Fsp3) is 0.200. The van der Waals surface area contributed by atoms with Crippen LogP contribution in [0.3, 0.4) is 0 Å². The number of hydrogen-bond acceptors (Lipinski definition) is 4. The van der Waals surface area contributed by atoms with Gasteiger partial charge in [-0.15, -0.1) is 0 Å². The van der Waals surface area contributed by atoms with Crippen molar-refractivity contribution < 1.29 is 24.2 Å². The molecule has 0 aliphatic carbocycles. The second-order valence-corrected chi connectivity index (χ2v) is 5.46. The molecule has 136 valence electrons. The van der Waals surface area contributed by atoms with Gasteiger partial charge in [-0.05, 0) is 49.2 Å². The number of amides is 1. The first-order valence-corrected chi connectivity index (χ1v) is 8.15. The van der Waals surface area contributed by atoms with Crippen LogP contribution in [0.5, 0.6) is 11.5 Å². The Bertz CT molecular complexity index is 814. The molecule has 0 atom stereocenters. The Morgan fingerprint density at radius 3 is 2.58 bits per heavy atom. The van der Waals surface area contributed by atoms with E-state index >= 15 is 0 Å². The number of anilines is 1. The number of aryl methyl sites for hydroxylation is 1. The van der Waals surface area contributed by atoms with Gasteiger partial charge in [0.05, 0.1) is 6.61 Å². The van der Waals surface area contributed by atoms with E-state index in [-0.39, 0.29) is 12.5 Å². The summed E-state index contributed by atoms with van der Waals surface area (Å²) in [5.41, 5.74) is 2.36. The summed E-state index contributed by atoms with van der Waals surface area (Å²) in [6, 6.07) is 12.5. The van der Waals surface area contributed by atoms with Crippen molar-refractivity contribution in [2.45, 2.75) is 13.8 Å². The number of carboxylic acid groups (broad SMARTS) is 1. The van der Waals surface area contributed by atoms with E-state index in [1.54, 1.807) is 18.2 Å². The van der Waals surface area contributed by atoms with Crippen molar-refractivity contribution in [3.63, 3.8) is 0 Å². The zero-order chi connectivity index (χ0) is 18.9. The molecule has 6 heteroatoms. The van der Waals surface area contributed by atoms with Crippen LogP contribution in [-0.2, 0) is 9.59 Å². The molecule has 0 saturated carbocycles. The van der Waals surface area contributed by atoms with Crippen LogP contribution >= 0.6 is 0 Å². The van der Waals surface area contributed by atoms with E-state index < -0.39 is 5.97 Å². The molecule has 1 amide bonds. The third-order valence-electron chi connectivity index (χ3n) is 3.46. The van der Waals surface area contributed by atoms with Crippen LogP contribution < -0.4 is 14.8 Å². The summed E-state index contributed by atoms with van der Waals surface area (Å²) in [6.45, 7) is 3.98. The van der Waals surface area contributed by atoms with Gasteiger partial charge in [0.15, 0.2) is 18.1 Å². The maximum Gasteiger partial charge on any atom is 0.328 e. The summed E-state index contributed by atoms with van der Waals surface area (Å²) >= 11 is 0. The van der Waals surface area contributed by atoms with Gasteiger partial charge < -0.3 is 19.9 Å². The van der Waals surface area contributed by atoms with Gasteiger partial charge in [0.2, 0.25) is 0 Å². The molecule has 0 aliphatic heterocycles. The van der Waals surface area contributed by atoms with E-state index in [0.717, 1.165) is 17.3 Å². The minimum Gasteiger partial charge on any atom is -0.490 e. The van der Waals surface area contributed by atoms with Gasteiger partial charge in [0.1, 0.15) is 0 Å². The molecule has 0 saturated heterocycles. The standard InChI is InChI=1S/C20H21NO5/c1-3-25-18-12-15(9-11-20(23)24)8-10-17(18)26-13-19(22)21-16-7-5-4-6-14(16)2/h4-12H,3,13H2,1-2H3,(H,21,22)(H,23,24)/b11-9+. The minimum atomic E-state index is -1.03. The van der Waals surface area contributed by atoms with Crippen molar-refractivity contribution in [2.75, 3.05) is 18.5 Å². The summed E-state index contributed by atoms with van der Waals surface area (Å²) in [4.78, 5) is 22.7. The highest BCUT2D eigenvalue weighted by molar-refractivity contribution is 5.92. The fourth-order valence-corrected chi connectivity index (χ4v) is 2.23. The summed E-state index contributed by atoms with van der Waals surface area (Å²) < 4.78 is 11.1. The molecule has 0 aliphatic rings.